The fraction of sp³-hybridized carbons (Fsp3) is 0.200. The smallest absolute Gasteiger partial charge is 0.248 e. The number of hydrazone groups is 1. The van der Waals surface area contributed by atoms with Gasteiger partial charge in [-0.25, -0.2) is 9.99 Å². The van der Waals surface area contributed by atoms with Crippen LogP contribution in [-0.2, 0) is 4.79 Å². The number of H-pyrrole nitrogens is 1. The zero-order valence-corrected chi connectivity index (χ0v) is 15.9. The van der Waals surface area contributed by atoms with Crippen molar-refractivity contribution in [3.05, 3.63) is 71.5 Å². The third-order valence-electron chi connectivity index (χ3n) is 4.56. The molecule has 7 heteroatoms. The highest BCUT2D eigenvalue weighted by molar-refractivity contribution is 8.00. The number of anilines is 1. The predicted octanol–water partition coefficient (Wildman–Crippen LogP) is 3.72. The van der Waals surface area contributed by atoms with Gasteiger partial charge in [-0.15, -0.1) is 0 Å². The first-order valence-electron chi connectivity index (χ1n) is 8.68. The summed E-state index contributed by atoms with van der Waals surface area (Å²) in [4.78, 5) is 17.0. The molecule has 0 bridgehead atoms. The minimum Gasteiger partial charge on any atom is -0.272 e. The number of aromatic nitrogens is 3. The van der Waals surface area contributed by atoms with Crippen molar-refractivity contribution < 1.29 is 4.79 Å². The molecule has 6 nitrogen and oxygen atoms in total. The molecule has 1 unspecified atom stereocenters. The van der Waals surface area contributed by atoms with Gasteiger partial charge in [0.05, 0.1) is 16.6 Å². The van der Waals surface area contributed by atoms with Crippen molar-refractivity contribution >= 4 is 29.1 Å². The van der Waals surface area contributed by atoms with Gasteiger partial charge >= 0.3 is 0 Å². The Morgan fingerprint density at radius 3 is 2.63 bits per heavy atom. The maximum absolute atomic E-state index is 12.8. The van der Waals surface area contributed by atoms with E-state index < -0.39 is 0 Å². The highest BCUT2D eigenvalue weighted by Crippen LogP contribution is 2.32. The van der Waals surface area contributed by atoms with E-state index in [-0.39, 0.29) is 11.2 Å². The number of nitrogens with one attached hydrogen (secondary N) is 1. The van der Waals surface area contributed by atoms with E-state index >= 15 is 0 Å². The maximum atomic E-state index is 12.8. The highest BCUT2D eigenvalue weighted by atomic mass is 32.2. The molecule has 0 radical (unpaired) electrons. The Kier molecular flexibility index (Phi) is 4.77. The molecule has 2 heterocycles. The maximum Gasteiger partial charge on any atom is 0.248 e. The average Bonchev–Trinajstić information content (AvgIpc) is 3.18. The van der Waals surface area contributed by atoms with Crippen LogP contribution in [0, 0.1) is 13.8 Å². The minimum absolute atomic E-state index is 0.0363. The summed E-state index contributed by atoms with van der Waals surface area (Å²) in [5, 5.41) is 13.6. The Balaban J connectivity index is 1.77. The van der Waals surface area contributed by atoms with Gasteiger partial charge < -0.3 is 0 Å². The first kappa shape index (κ1) is 17.5. The molecule has 2 aromatic carbocycles. The summed E-state index contributed by atoms with van der Waals surface area (Å²) in [6.07, 6.45) is 1.81. The second-order valence-corrected chi connectivity index (χ2v) is 7.62. The number of benzene rings is 2. The van der Waals surface area contributed by atoms with Crippen LogP contribution >= 0.6 is 11.8 Å². The van der Waals surface area contributed by atoms with Gasteiger partial charge in [0, 0.05) is 6.42 Å². The van der Waals surface area contributed by atoms with Gasteiger partial charge in [0.1, 0.15) is 6.33 Å². The number of amides is 1. The molecule has 0 aliphatic carbocycles. The van der Waals surface area contributed by atoms with Crippen molar-refractivity contribution in [1.82, 2.24) is 15.2 Å². The number of rotatable bonds is 4. The Bertz CT molecular complexity index is 985. The molecule has 27 heavy (non-hydrogen) atoms. The van der Waals surface area contributed by atoms with E-state index in [2.05, 4.69) is 47.2 Å². The Labute approximate surface area is 161 Å². The number of nitrogens with zero attached hydrogens (tertiary/aromatic N) is 4. The van der Waals surface area contributed by atoms with Crippen molar-refractivity contribution in [2.24, 2.45) is 5.10 Å². The van der Waals surface area contributed by atoms with Crippen LogP contribution in [-0.4, -0.2) is 32.1 Å². The van der Waals surface area contributed by atoms with E-state index in [0.717, 1.165) is 17.0 Å². The van der Waals surface area contributed by atoms with Gasteiger partial charge in [0.15, 0.2) is 5.16 Å². The van der Waals surface area contributed by atoms with Crippen LogP contribution in [0.1, 0.15) is 23.1 Å². The number of carbonyl (C=O) groups excluding carboxylic acids is 1. The quantitative estimate of drug-likeness (QED) is 0.752. The average molecular weight is 377 g/mol. The monoisotopic (exact) mass is 377 g/mol. The van der Waals surface area contributed by atoms with E-state index in [4.69, 9.17) is 5.10 Å². The number of thioether (sulfide) groups is 1. The summed E-state index contributed by atoms with van der Waals surface area (Å²) in [5.41, 5.74) is 5.07. The molecule has 1 amide bonds. The predicted molar refractivity (Wildman–Crippen MR) is 107 cm³/mol. The molecule has 3 aromatic rings. The number of aromatic amines is 1. The molecule has 4 rings (SSSR count). The van der Waals surface area contributed by atoms with E-state index in [1.54, 1.807) is 0 Å². The normalized spacial score (nSPS) is 17.1. The van der Waals surface area contributed by atoms with Gasteiger partial charge in [0.2, 0.25) is 5.91 Å². The van der Waals surface area contributed by atoms with Crippen LogP contribution in [0.3, 0.4) is 0 Å². The minimum atomic E-state index is -0.132. The van der Waals surface area contributed by atoms with Gasteiger partial charge in [0.25, 0.3) is 0 Å². The van der Waals surface area contributed by atoms with Gasteiger partial charge in [-0.2, -0.15) is 10.2 Å². The lowest BCUT2D eigenvalue weighted by Crippen LogP contribution is -2.39. The van der Waals surface area contributed by atoms with Gasteiger partial charge in [-0.1, -0.05) is 42.1 Å². The molecule has 1 N–H and O–H groups in total. The van der Waals surface area contributed by atoms with Crippen LogP contribution in [0.4, 0.5) is 5.69 Å². The molecule has 1 aromatic heterocycles. The van der Waals surface area contributed by atoms with Crippen LogP contribution < -0.4 is 5.01 Å². The summed E-state index contributed by atoms with van der Waals surface area (Å²) < 4.78 is 0. The molecule has 0 spiro atoms. The number of hydrogen-bond donors (Lipinski definition) is 1. The van der Waals surface area contributed by atoms with Crippen molar-refractivity contribution in [1.29, 1.82) is 0 Å². The van der Waals surface area contributed by atoms with Crippen molar-refractivity contribution in [2.45, 2.75) is 30.7 Å². The van der Waals surface area contributed by atoms with Gasteiger partial charge in [-0.3, -0.25) is 9.89 Å². The van der Waals surface area contributed by atoms with Crippen molar-refractivity contribution in [3.8, 4) is 0 Å². The summed E-state index contributed by atoms with van der Waals surface area (Å²) in [5.74, 6) is -0.0363. The lowest BCUT2D eigenvalue weighted by molar-refractivity contribution is -0.118. The third kappa shape index (κ3) is 3.64. The first-order valence-corrected chi connectivity index (χ1v) is 9.56. The Morgan fingerprint density at radius 2 is 1.93 bits per heavy atom. The molecule has 0 saturated carbocycles. The summed E-state index contributed by atoms with van der Waals surface area (Å²) in [6.45, 7) is 4.17. The highest BCUT2D eigenvalue weighted by Gasteiger charge is 2.32. The van der Waals surface area contributed by atoms with Gasteiger partial charge in [-0.05, 0) is 48.7 Å². The number of carbonyl (C=O) groups is 1. The number of aryl methyl sites for hydroxylation is 2. The standard InChI is InChI=1S/C20H19N5OS/c1-13-8-9-15(10-14(13)2)19-17(27-20-21-12-22-23-20)11-18(26)25(24-19)16-6-4-3-5-7-16/h3-10,12,17H,11H2,1-2H3,(H,21,22,23). The second kappa shape index (κ2) is 7.36. The lowest BCUT2D eigenvalue weighted by Gasteiger charge is -2.29. The van der Waals surface area contributed by atoms with Crippen molar-refractivity contribution in [2.75, 3.05) is 5.01 Å². The zero-order valence-electron chi connectivity index (χ0n) is 15.1. The molecule has 0 fully saturated rings. The van der Waals surface area contributed by atoms with E-state index in [9.17, 15) is 4.79 Å². The zero-order chi connectivity index (χ0) is 18.8. The summed E-state index contributed by atoms with van der Waals surface area (Å²) >= 11 is 1.48. The molecule has 136 valence electrons. The van der Waals surface area contributed by atoms with Crippen molar-refractivity contribution in [3.63, 3.8) is 0 Å². The SMILES string of the molecule is Cc1ccc(C2=NN(c3ccccc3)C(=O)CC2Sc2ncn[nH]2)cc1C. The van der Waals surface area contributed by atoms with Crippen LogP contribution in [0.5, 0.6) is 0 Å². The molecule has 0 saturated heterocycles. The van der Waals surface area contributed by atoms with Crippen LogP contribution in [0.15, 0.2) is 65.1 Å². The number of para-hydroxylation sites is 1. The Morgan fingerprint density at radius 1 is 1.11 bits per heavy atom. The topological polar surface area (TPSA) is 74.2 Å². The van der Waals surface area contributed by atoms with Crippen LogP contribution in [0.25, 0.3) is 0 Å². The fourth-order valence-corrected chi connectivity index (χ4v) is 3.97. The largest absolute Gasteiger partial charge is 0.272 e. The lowest BCUT2D eigenvalue weighted by atomic mass is 9.99. The molecular weight excluding hydrogens is 358 g/mol. The third-order valence-corrected chi connectivity index (χ3v) is 5.65. The van der Waals surface area contributed by atoms with E-state index in [0.29, 0.717) is 11.6 Å². The fourth-order valence-electron chi connectivity index (χ4n) is 2.97. The molecule has 1 aliphatic heterocycles. The number of hydrogen-bond acceptors (Lipinski definition) is 5. The Hall–Kier alpha value is -2.93. The first-order chi connectivity index (χ1) is 13.1. The van der Waals surface area contributed by atoms with E-state index in [1.807, 2.05) is 30.3 Å². The van der Waals surface area contributed by atoms with Crippen LogP contribution in [0.2, 0.25) is 0 Å². The second-order valence-electron chi connectivity index (χ2n) is 6.43. The van der Waals surface area contributed by atoms with E-state index in [1.165, 1.54) is 34.2 Å². The summed E-state index contributed by atoms with van der Waals surface area (Å²) in [7, 11) is 0. The molecule has 1 aliphatic rings. The summed E-state index contributed by atoms with van der Waals surface area (Å²) in [6, 6.07) is 15.8. The molecule has 1 atom stereocenters. The molecular formula is C20H19N5OS.